The fourth-order valence-electron chi connectivity index (χ4n) is 1.30. The van der Waals surface area contributed by atoms with Gasteiger partial charge in [-0.05, 0) is 25.0 Å². The third-order valence-electron chi connectivity index (χ3n) is 2.14. The van der Waals surface area contributed by atoms with Gasteiger partial charge in [0, 0.05) is 17.6 Å². The molecule has 0 aliphatic heterocycles. The van der Waals surface area contributed by atoms with Crippen LogP contribution < -0.4 is 10.5 Å². The van der Waals surface area contributed by atoms with Gasteiger partial charge in [0.05, 0.1) is 0 Å². The van der Waals surface area contributed by atoms with Gasteiger partial charge in [-0.25, -0.2) is 0 Å². The molecule has 0 saturated carbocycles. The normalized spacial score (nSPS) is 11.6. The summed E-state index contributed by atoms with van der Waals surface area (Å²) in [7, 11) is 0. The average molecular weight is 226 g/mol. The van der Waals surface area contributed by atoms with Gasteiger partial charge in [-0.1, -0.05) is 29.8 Å². The Morgan fingerprint density at radius 2 is 2.27 bits per heavy atom. The molecule has 0 atom stereocenters. The molecule has 3 heteroatoms. The second-order valence-corrected chi connectivity index (χ2v) is 3.73. The zero-order valence-corrected chi connectivity index (χ0v) is 9.84. The lowest BCUT2D eigenvalue weighted by atomic mass is 10.1. The topological polar surface area (TPSA) is 35.2 Å². The van der Waals surface area contributed by atoms with Gasteiger partial charge in [0.15, 0.2) is 0 Å². The SMILES string of the molecule is C/C(=C/Cl)COc1c(C)cccc1CN. The van der Waals surface area contributed by atoms with Gasteiger partial charge >= 0.3 is 0 Å². The van der Waals surface area contributed by atoms with Crippen molar-refractivity contribution in [2.45, 2.75) is 20.4 Å². The molecule has 0 spiro atoms. The summed E-state index contributed by atoms with van der Waals surface area (Å²) < 4.78 is 5.68. The summed E-state index contributed by atoms with van der Waals surface area (Å²) in [6.07, 6.45) is 0. The number of hydrogen-bond donors (Lipinski definition) is 1. The number of halogens is 1. The Morgan fingerprint density at radius 3 is 2.87 bits per heavy atom. The minimum absolute atomic E-state index is 0.487. The first-order valence-electron chi connectivity index (χ1n) is 4.86. The smallest absolute Gasteiger partial charge is 0.127 e. The zero-order chi connectivity index (χ0) is 11.3. The van der Waals surface area contributed by atoms with Crippen LogP contribution in [0.3, 0.4) is 0 Å². The van der Waals surface area contributed by atoms with Gasteiger partial charge in [-0.3, -0.25) is 0 Å². The first-order valence-corrected chi connectivity index (χ1v) is 5.30. The van der Waals surface area contributed by atoms with E-state index >= 15 is 0 Å². The summed E-state index contributed by atoms with van der Waals surface area (Å²) in [4.78, 5) is 0. The van der Waals surface area contributed by atoms with Crippen LogP contribution in [0.4, 0.5) is 0 Å². The maximum absolute atomic E-state index is 5.68. The molecule has 0 bridgehead atoms. The van der Waals surface area contributed by atoms with Crippen molar-refractivity contribution in [3.63, 3.8) is 0 Å². The van der Waals surface area contributed by atoms with Crippen molar-refractivity contribution >= 4 is 11.6 Å². The molecule has 1 rings (SSSR count). The Bertz CT molecular complexity index is 361. The number of rotatable bonds is 4. The average Bonchev–Trinajstić information content (AvgIpc) is 2.26. The highest BCUT2D eigenvalue weighted by atomic mass is 35.5. The summed E-state index contributed by atoms with van der Waals surface area (Å²) in [6.45, 7) is 4.92. The van der Waals surface area contributed by atoms with E-state index in [0.717, 1.165) is 22.4 Å². The molecule has 0 heterocycles. The quantitative estimate of drug-likeness (QED) is 0.855. The Hall–Kier alpha value is -0.990. The van der Waals surface area contributed by atoms with E-state index in [1.807, 2.05) is 32.0 Å². The molecule has 0 unspecified atom stereocenters. The van der Waals surface area contributed by atoms with Gasteiger partial charge in [-0.15, -0.1) is 0 Å². The lowest BCUT2D eigenvalue weighted by Gasteiger charge is -2.12. The Balaban J connectivity index is 2.83. The molecular weight excluding hydrogens is 210 g/mol. The number of ether oxygens (including phenoxy) is 1. The van der Waals surface area contributed by atoms with E-state index in [1.54, 1.807) is 0 Å². The van der Waals surface area contributed by atoms with Crippen molar-refractivity contribution in [2.24, 2.45) is 5.73 Å². The summed E-state index contributed by atoms with van der Waals surface area (Å²) in [5.74, 6) is 0.873. The van der Waals surface area contributed by atoms with Crippen LogP contribution in [0.1, 0.15) is 18.1 Å². The van der Waals surface area contributed by atoms with Crippen LogP contribution in [0.2, 0.25) is 0 Å². The molecule has 2 nitrogen and oxygen atoms in total. The maximum atomic E-state index is 5.68. The lowest BCUT2D eigenvalue weighted by molar-refractivity contribution is 0.346. The maximum Gasteiger partial charge on any atom is 0.127 e. The summed E-state index contributed by atoms with van der Waals surface area (Å²) >= 11 is 5.56. The fraction of sp³-hybridized carbons (Fsp3) is 0.333. The number of nitrogens with two attached hydrogens (primary N) is 1. The van der Waals surface area contributed by atoms with Crippen molar-refractivity contribution in [1.82, 2.24) is 0 Å². The van der Waals surface area contributed by atoms with Gasteiger partial charge in [0.1, 0.15) is 12.4 Å². The van der Waals surface area contributed by atoms with Crippen LogP contribution in [0.5, 0.6) is 5.75 Å². The van der Waals surface area contributed by atoms with Crippen LogP contribution in [0.25, 0.3) is 0 Å². The van der Waals surface area contributed by atoms with Crippen LogP contribution in [0, 0.1) is 6.92 Å². The van der Waals surface area contributed by atoms with Gasteiger partial charge in [-0.2, -0.15) is 0 Å². The number of para-hydroxylation sites is 1. The molecule has 0 fully saturated rings. The van der Waals surface area contributed by atoms with E-state index in [1.165, 1.54) is 5.54 Å². The Morgan fingerprint density at radius 1 is 1.53 bits per heavy atom. The van der Waals surface area contributed by atoms with E-state index in [2.05, 4.69) is 0 Å². The van der Waals surface area contributed by atoms with Crippen molar-refractivity contribution in [1.29, 1.82) is 0 Å². The third kappa shape index (κ3) is 3.26. The minimum atomic E-state index is 0.487. The van der Waals surface area contributed by atoms with Gasteiger partial charge < -0.3 is 10.5 Å². The Labute approximate surface area is 95.7 Å². The van der Waals surface area contributed by atoms with E-state index in [0.29, 0.717) is 13.2 Å². The highest BCUT2D eigenvalue weighted by Gasteiger charge is 2.05. The molecule has 0 amide bonds. The van der Waals surface area contributed by atoms with Gasteiger partial charge in [0.2, 0.25) is 0 Å². The van der Waals surface area contributed by atoms with Crippen molar-refractivity contribution in [3.05, 3.63) is 40.4 Å². The summed E-state index contributed by atoms with van der Waals surface area (Å²) in [5, 5.41) is 0. The molecule has 82 valence electrons. The standard InChI is InChI=1S/C12H16ClNO/c1-9(6-13)8-15-12-10(2)4-3-5-11(12)7-14/h3-6H,7-8,14H2,1-2H3/b9-6-. The largest absolute Gasteiger partial charge is 0.489 e. The van der Waals surface area contributed by atoms with Crippen molar-refractivity contribution < 1.29 is 4.74 Å². The molecule has 1 aromatic carbocycles. The highest BCUT2D eigenvalue weighted by molar-refractivity contribution is 6.25. The summed E-state index contributed by atoms with van der Waals surface area (Å²) in [5.41, 5.74) is 10.3. The molecule has 1 aromatic rings. The highest BCUT2D eigenvalue weighted by Crippen LogP contribution is 2.23. The van der Waals surface area contributed by atoms with Gasteiger partial charge in [0.25, 0.3) is 0 Å². The second-order valence-electron chi connectivity index (χ2n) is 3.51. The monoisotopic (exact) mass is 225 g/mol. The van der Waals surface area contributed by atoms with Crippen LogP contribution in [-0.4, -0.2) is 6.61 Å². The van der Waals surface area contributed by atoms with E-state index < -0.39 is 0 Å². The minimum Gasteiger partial charge on any atom is -0.489 e. The molecular formula is C12H16ClNO. The number of hydrogen-bond acceptors (Lipinski definition) is 2. The first kappa shape index (κ1) is 12.1. The summed E-state index contributed by atoms with van der Waals surface area (Å²) in [6, 6.07) is 5.96. The molecule has 0 radical (unpaired) electrons. The molecule has 0 aliphatic rings. The van der Waals surface area contributed by atoms with Crippen LogP contribution in [0.15, 0.2) is 29.3 Å². The first-order chi connectivity index (χ1) is 7.19. The van der Waals surface area contributed by atoms with Crippen LogP contribution in [-0.2, 0) is 6.54 Å². The molecule has 15 heavy (non-hydrogen) atoms. The molecule has 2 N–H and O–H groups in total. The van der Waals surface area contributed by atoms with Crippen molar-refractivity contribution in [3.8, 4) is 5.75 Å². The number of aryl methyl sites for hydroxylation is 1. The van der Waals surface area contributed by atoms with Crippen LogP contribution >= 0.6 is 11.6 Å². The lowest BCUT2D eigenvalue weighted by Crippen LogP contribution is -2.05. The van der Waals surface area contributed by atoms with E-state index in [-0.39, 0.29) is 0 Å². The molecule has 0 aromatic heterocycles. The fourth-order valence-corrected chi connectivity index (χ4v) is 1.36. The Kier molecular flexibility index (Phi) is 4.66. The number of benzene rings is 1. The third-order valence-corrected chi connectivity index (χ3v) is 2.52. The van der Waals surface area contributed by atoms with E-state index in [4.69, 9.17) is 22.1 Å². The molecule has 0 aliphatic carbocycles. The predicted octanol–water partition coefficient (Wildman–Crippen LogP) is 2.98. The van der Waals surface area contributed by atoms with E-state index in [9.17, 15) is 0 Å². The molecule has 0 saturated heterocycles. The second kappa shape index (κ2) is 5.79. The zero-order valence-electron chi connectivity index (χ0n) is 9.09. The van der Waals surface area contributed by atoms with Crippen molar-refractivity contribution in [2.75, 3.05) is 6.61 Å². The predicted molar refractivity (Wildman–Crippen MR) is 64.2 cm³/mol.